The van der Waals surface area contributed by atoms with E-state index in [4.69, 9.17) is 0 Å². The Hall–Kier alpha value is -2.37. The highest BCUT2D eigenvalue weighted by molar-refractivity contribution is 5.75. The van der Waals surface area contributed by atoms with Crippen molar-refractivity contribution in [2.45, 2.75) is 57.0 Å². The second kappa shape index (κ2) is 6.26. The van der Waals surface area contributed by atoms with Gasteiger partial charge in [-0.2, -0.15) is 5.10 Å². The van der Waals surface area contributed by atoms with Gasteiger partial charge in [-0.1, -0.05) is 31.0 Å². The van der Waals surface area contributed by atoms with Crippen LogP contribution >= 0.6 is 0 Å². The van der Waals surface area contributed by atoms with Crippen LogP contribution in [-0.2, 0) is 11.3 Å². The van der Waals surface area contributed by atoms with E-state index in [-0.39, 0.29) is 24.2 Å². The zero-order chi connectivity index (χ0) is 16.5. The Kier molecular flexibility index (Phi) is 3.96. The highest BCUT2D eigenvalue weighted by Crippen LogP contribution is 2.39. The van der Waals surface area contributed by atoms with E-state index in [1.165, 1.54) is 17.5 Å². The molecule has 2 saturated carbocycles. The van der Waals surface area contributed by atoms with Crippen molar-refractivity contribution in [3.63, 3.8) is 0 Å². The summed E-state index contributed by atoms with van der Waals surface area (Å²) in [4.78, 5) is 25.0. The van der Waals surface area contributed by atoms with Crippen LogP contribution in [0.4, 0.5) is 0 Å². The van der Waals surface area contributed by atoms with Crippen molar-refractivity contribution in [2.24, 2.45) is 0 Å². The smallest absolute Gasteiger partial charge is 0.351 e. The number of para-hydroxylation sites is 1. The fourth-order valence-electron chi connectivity index (χ4n) is 3.43. The van der Waals surface area contributed by atoms with Gasteiger partial charge in [0.05, 0.1) is 5.69 Å². The number of nitrogens with one attached hydrogen (secondary N) is 1. The third kappa shape index (κ3) is 3.00. The van der Waals surface area contributed by atoms with Crippen molar-refractivity contribution in [1.82, 2.24) is 19.7 Å². The molecule has 6 nitrogen and oxygen atoms in total. The summed E-state index contributed by atoms with van der Waals surface area (Å²) in [6, 6.07) is 9.79. The van der Waals surface area contributed by atoms with E-state index in [0.717, 1.165) is 37.2 Å². The number of amides is 1. The third-order valence-corrected chi connectivity index (χ3v) is 4.83. The molecule has 0 saturated heterocycles. The number of benzene rings is 1. The summed E-state index contributed by atoms with van der Waals surface area (Å²) in [6.45, 7) is -0.00507. The maximum atomic E-state index is 12.8. The van der Waals surface area contributed by atoms with E-state index in [1.807, 2.05) is 30.3 Å². The predicted octanol–water partition coefficient (Wildman–Crippen LogP) is 1.97. The molecule has 2 aliphatic rings. The van der Waals surface area contributed by atoms with Crippen LogP contribution in [-0.4, -0.2) is 26.3 Å². The minimum atomic E-state index is -0.232. The lowest BCUT2D eigenvalue weighted by molar-refractivity contribution is -0.122. The second-order valence-electron chi connectivity index (χ2n) is 6.79. The van der Waals surface area contributed by atoms with Gasteiger partial charge in [-0.15, -0.1) is 0 Å². The Bertz CT molecular complexity index is 783. The second-order valence-corrected chi connectivity index (χ2v) is 6.79. The molecule has 1 amide bonds. The lowest BCUT2D eigenvalue weighted by Gasteiger charge is -2.11. The van der Waals surface area contributed by atoms with Crippen LogP contribution in [0.5, 0.6) is 0 Å². The standard InChI is InChI=1S/C18H22N4O2/c23-16(19-14-6-4-5-7-14)12-21-18(24)22(15-8-2-1-3-9-15)17(20-21)13-10-11-13/h1-3,8-9,13-14H,4-7,10-12H2,(H,19,23). The molecule has 1 N–H and O–H groups in total. The average Bonchev–Trinajstić information content (AvgIpc) is 3.22. The van der Waals surface area contributed by atoms with Crippen LogP contribution in [0.1, 0.15) is 50.3 Å². The van der Waals surface area contributed by atoms with Crippen LogP contribution in [0.2, 0.25) is 0 Å². The molecule has 0 aliphatic heterocycles. The van der Waals surface area contributed by atoms with Gasteiger partial charge in [0.15, 0.2) is 0 Å². The largest absolute Gasteiger partial charge is 0.352 e. The normalized spacial score (nSPS) is 18.0. The first-order valence-electron chi connectivity index (χ1n) is 8.77. The molecule has 1 aromatic heterocycles. The Balaban J connectivity index is 1.60. The van der Waals surface area contributed by atoms with Crippen molar-refractivity contribution < 1.29 is 4.79 Å². The molecule has 0 atom stereocenters. The van der Waals surface area contributed by atoms with Gasteiger partial charge in [0.2, 0.25) is 5.91 Å². The Morgan fingerprint density at radius 2 is 1.83 bits per heavy atom. The molecule has 4 rings (SSSR count). The van der Waals surface area contributed by atoms with Crippen molar-refractivity contribution in [3.8, 4) is 5.69 Å². The maximum absolute atomic E-state index is 12.8. The van der Waals surface area contributed by atoms with Gasteiger partial charge in [0.25, 0.3) is 0 Å². The van der Waals surface area contributed by atoms with E-state index in [9.17, 15) is 9.59 Å². The number of nitrogens with zero attached hydrogens (tertiary/aromatic N) is 3. The summed E-state index contributed by atoms with van der Waals surface area (Å²) in [7, 11) is 0. The molecule has 0 unspecified atom stereocenters. The van der Waals surface area contributed by atoms with Crippen LogP contribution in [0.15, 0.2) is 35.1 Å². The number of hydrogen-bond donors (Lipinski definition) is 1. The van der Waals surface area contributed by atoms with E-state index in [0.29, 0.717) is 5.92 Å². The quantitative estimate of drug-likeness (QED) is 0.913. The molecule has 1 aromatic carbocycles. The van der Waals surface area contributed by atoms with Gasteiger partial charge in [0, 0.05) is 12.0 Å². The molecule has 24 heavy (non-hydrogen) atoms. The molecule has 0 spiro atoms. The van der Waals surface area contributed by atoms with Crippen LogP contribution in [0.3, 0.4) is 0 Å². The number of rotatable bonds is 5. The number of hydrogen-bond acceptors (Lipinski definition) is 3. The molecule has 1 heterocycles. The lowest BCUT2D eigenvalue weighted by Crippen LogP contribution is -2.38. The molecule has 2 aliphatic carbocycles. The Labute approximate surface area is 140 Å². The zero-order valence-corrected chi connectivity index (χ0v) is 13.6. The molecule has 2 aromatic rings. The summed E-state index contributed by atoms with van der Waals surface area (Å²) in [5.74, 6) is 0.987. The average molecular weight is 326 g/mol. The van der Waals surface area contributed by atoms with E-state index in [1.54, 1.807) is 4.57 Å². The first kappa shape index (κ1) is 15.2. The summed E-state index contributed by atoms with van der Waals surface area (Å²) < 4.78 is 2.96. The summed E-state index contributed by atoms with van der Waals surface area (Å²) in [5.41, 5.74) is 0.580. The van der Waals surface area contributed by atoms with Gasteiger partial charge in [-0.25, -0.2) is 14.0 Å². The van der Waals surface area contributed by atoms with Gasteiger partial charge in [0.1, 0.15) is 12.4 Å². The van der Waals surface area contributed by atoms with Gasteiger partial charge < -0.3 is 5.32 Å². The summed E-state index contributed by atoms with van der Waals surface area (Å²) in [5, 5.41) is 7.49. The van der Waals surface area contributed by atoms with Crippen LogP contribution in [0, 0.1) is 0 Å². The van der Waals surface area contributed by atoms with Crippen LogP contribution in [0.25, 0.3) is 5.69 Å². The zero-order valence-electron chi connectivity index (χ0n) is 13.6. The maximum Gasteiger partial charge on any atom is 0.351 e. The number of carbonyl (C=O) groups excluding carboxylic acids is 1. The van der Waals surface area contributed by atoms with Gasteiger partial charge in [-0.05, 0) is 37.8 Å². The first-order valence-corrected chi connectivity index (χ1v) is 8.77. The van der Waals surface area contributed by atoms with Gasteiger partial charge >= 0.3 is 5.69 Å². The van der Waals surface area contributed by atoms with Crippen molar-refractivity contribution in [3.05, 3.63) is 46.6 Å². The van der Waals surface area contributed by atoms with E-state index >= 15 is 0 Å². The van der Waals surface area contributed by atoms with E-state index < -0.39 is 0 Å². The Morgan fingerprint density at radius 1 is 1.12 bits per heavy atom. The minimum absolute atomic E-state index is 0.00507. The van der Waals surface area contributed by atoms with Crippen molar-refractivity contribution in [1.29, 1.82) is 0 Å². The molecular formula is C18H22N4O2. The number of aromatic nitrogens is 3. The van der Waals surface area contributed by atoms with Crippen molar-refractivity contribution in [2.75, 3.05) is 0 Å². The molecule has 126 valence electrons. The van der Waals surface area contributed by atoms with Gasteiger partial charge in [-0.3, -0.25) is 4.79 Å². The predicted molar refractivity (Wildman–Crippen MR) is 90.2 cm³/mol. The minimum Gasteiger partial charge on any atom is -0.352 e. The first-order chi connectivity index (χ1) is 11.7. The third-order valence-electron chi connectivity index (χ3n) is 4.83. The molecule has 2 fully saturated rings. The molecule has 6 heteroatoms. The molecular weight excluding hydrogens is 304 g/mol. The fraction of sp³-hybridized carbons (Fsp3) is 0.500. The highest BCUT2D eigenvalue weighted by atomic mass is 16.2. The summed E-state index contributed by atoms with van der Waals surface area (Å²) in [6.07, 6.45) is 6.51. The highest BCUT2D eigenvalue weighted by Gasteiger charge is 2.31. The molecule has 0 bridgehead atoms. The number of carbonyl (C=O) groups is 1. The summed E-state index contributed by atoms with van der Waals surface area (Å²) >= 11 is 0. The Morgan fingerprint density at radius 3 is 2.50 bits per heavy atom. The van der Waals surface area contributed by atoms with Crippen LogP contribution < -0.4 is 11.0 Å². The fourth-order valence-corrected chi connectivity index (χ4v) is 3.43. The topological polar surface area (TPSA) is 68.9 Å². The monoisotopic (exact) mass is 326 g/mol. The van der Waals surface area contributed by atoms with E-state index in [2.05, 4.69) is 10.4 Å². The lowest BCUT2D eigenvalue weighted by atomic mass is 10.2. The SMILES string of the molecule is O=C(Cn1nc(C2CC2)n(-c2ccccc2)c1=O)NC1CCCC1. The van der Waals surface area contributed by atoms with Crippen molar-refractivity contribution >= 4 is 5.91 Å². The molecule has 0 radical (unpaired) electrons.